The predicted molar refractivity (Wildman–Crippen MR) is 80.3 cm³/mol. The van der Waals surface area contributed by atoms with Crippen molar-refractivity contribution < 1.29 is 0 Å². The largest absolute Gasteiger partial charge is 0.314 e. The average Bonchev–Trinajstić information content (AvgIpc) is 2.45. The first-order valence-electron chi connectivity index (χ1n) is 7.69. The number of nitrogens with one attached hydrogen (secondary N) is 1. The zero-order valence-corrected chi connectivity index (χ0v) is 12.4. The molecule has 1 fully saturated rings. The Hall–Kier alpha value is -0.930. The predicted octanol–water partition coefficient (Wildman–Crippen LogP) is 2.92. The second kappa shape index (κ2) is 7.61. The van der Waals surface area contributed by atoms with Crippen LogP contribution in [0.2, 0.25) is 0 Å². The van der Waals surface area contributed by atoms with Gasteiger partial charge >= 0.3 is 0 Å². The van der Waals surface area contributed by atoms with Gasteiger partial charge in [0.25, 0.3) is 0 Å². The normalized spacial score (nSPS) is 18.4. The molecule has 1 N–H and O–H groups in total. The minimum atomic E-state index is 0.508. The Bertz CT molecular complexity index is 372. The van der Waals surface area contributed by atoms with Gasteiger partial charge in [0.1, 0.15) is 0 Å². The third-order valence-corrected chi connectivity index (χ3v) is 3.92. The Labute approximate surface area is 117 Å². The highest BCUT2D eigenvalue weighted by atomic mass is 15.2. The lowest BCUT2D eigenvalue weighted by Crippen LogP contribution is -2.45. The molecule has 1 aliphatic rings. The molecule has 106 valence electrons. The van der Waals surface area contributed by atoms with E-state index in [0.717, 1.165) is 31.9 Å². The number of aromatic nitrogens is 1. The van der Waals surface area contributed by atoms with Gasteiger partial charge in [-0.25, -0.2) is 0 Å². The van der Waals surface area contributed by atoms with E-state index in [9.17, 15) is 0 Å². The number of pyridine rings is 1. The molecule has 0 spiro atoms. The van der Waals surface area contributed by atoms with Gasteiger partial charge in [0, 0.05) is 31.9 Å². The van der Waals surface area contributed by atoms with E-state index in [4.69, 9.17) is 4.98 Å². The molecule has 0 radical (unpaired) electrons. The number of nitrogens with zero attached hydrogens (tertiary/aromatic N) is 2. The standard InChI is InChI=1S/C16H27N3/c1-3-4-5-9-16(19-12-10-17-11-13-19)15-8-6-7-14(2)18-15/h6-8,16-17H,3-5,9-13H2,1-2H3/t16-/m0/s1. The summed E-state index contributed by atoms with van der Waals surface area (Å²) in [7, 11) is 0. The molecule has 1 aliphatic heterocycles. The van der Waals surface area contributed by atoms with Crippen LogP contribution in [0.4, 0.5) is 0 Å². The molecule has 3 heteroatoms. The van der Waals surface area contributed by atoms with E-state index in [0.29, 0.717) is 6.04 Å². The van der Waals surface area contributed by atoms with Crippen LogP contribution in [-0.4, -0.2) is 36.1 Å². The minimum Gasteiger partial charge on any atom is -0.314 e. The van der Waals surface area contributed by atoms with Crippen LogP contribution in [0.3, 0.4) is 0 Å². The number of piperazine rings is 1. The van der Waals surface area contributed by atoms with Crippen LogP contribution in [0, 0.1) is 6.92 Å². The number of hydrogen-bond acceptors (Lipinski definition) is 3. The topological polar surface area (TPSA) is 28.2 Å². The van der Waals surface area contributed by atoms with Crippen LogP contribution >= 0.6 is 0 Å². The van der Waals surface area contributed by atoms with Crippen LogP contribution in [-0.2, 0) is 0 Å². The maximum absolute atomic E-state index is 4.77. The highest BCUT2D eigenvalue weighted by Gasteiger charge is 2.22. The first-order valence-corrected chi connectivity index (χ1v) is 7.69. The lowest BCUT2D eigenvalue weighted by molar-refractivity contribution is 0.159. The summed E-state index contributed by atoms with van der Waals surface area (Å²) in [4.78, 5) is 7.37. The lowest BCUT2D eigenvalue weighted by atomic mass is 10.0. The molecule has 3 nitrogen and oxygen atoms in total. The highest BCUT2D eigenvalue weighted by Crippen LogP contribution is 2.25. The van der Waals surface area contributed by atoms with E-state index in [2.05, 4.69) is 42.3 Å². The Morgan fingerprint density at radius 3 is 2.74 bits per heavy atom. The summed E-state index contributed by atoms with van der Waals surface area (Å²) >= 11 is 0. The first-order chi connectivity index (χ1) is 9.31. The second-order valence-electron chi connectivity index (χ2n) is 5.50. The van der Waals surface area contributed by atoms with Crippen LogP contribution in [0.1, 0.15) is 50.0 Å². The average molecular weight is 261 g/mol. The van der Waals surface area contributed by atoms with Crippen molar-refractivity contribution in [3.05, 3.63) is 29.6 Å². The summed E-state index contributed by atoms with van der Waals surface area (Å²) in [5.74, 6) is 0. The van der Waals surface area contributed by atoms with Crippen LogP contribution in [0.5, 0.6) is 0 Å². The summed E-state index contributed by atoms with van der Waals surface area (Å²) in [6.45, 7) is 8.86. The number of aryl methyl sites for hydroxylation is 1. The molecule has 0 aliphatic carbocycles. The van der Waals surface area contributed by atoms with Gasteiger partial charge in [-0.15, -0.1) is 0 Å². The molecule has 0 amide bonds. The van der Waals surface area contributed by atoms with Crippen molar-refractivity contribution in [2.45, 2.75) is 45.6 Å². The van der Waals surface area contributed by atoms with Gasteiger partial charge < -0.3 is 5.32 Å². The van der Waals surface area contributed by atoms with E-state index in [1.807, 2.05) is 0 Å². The van der Waals surface area contributed by atoms with Gasteiger partial charge in [-0.2, -0.15) is 0 Å². The molecule has 0 unspecified atom stereocenters. The fourth-order valence-corrected chi connectivity index (χ4v) is 2.85. The quantitative estimate of drug-likeness (QED) is 0.798. The molecule has 1 atom stereocenters. The van der Waals surface area contributed by atoms with E-state index in [-0.39, 0.29) is 0 Å². The van der Waals surface area contributed by atoms with Crippen molar-refractivity contribution in [2.75, 3.05) is 26.2 Å². The van der Waals surface area contributed by atoms with Crippen LogP contribution in [0.15, 0.2) is 18.2 Å². The van der Waals surface area contributed by atoms with Crippen molar-refractivity contribution in [1.29, 1.82) is 0 Å². The molecule has 19 heavy (non-hydrogen) atoms. The summed E-state index contributed by atoms with van der Waals surface area (Å²) in [5, 5.41) is 3.44. The Kier molecular flexibility index (Phi) is 5.80. The Morgan fingerprint density at radius 1 is 1.26 bits per heavy atom. The minimum absolute atomic E-state index is 0.508. The molecule has 0 saturated carbocycles. The van der Waals surface area contributed by atoms with Crippen molar-refractivity contribution in [3.63, 3.8) is 0 Å². The zero-order valence-electron chi connectivity index (χ0n) is 12.4. The first kappa shape index (κ1) is 14.5. The van der Waals surface area contributed by atoms with Crippen molar-refractivity contribution in [2.24, 2.45) is 0 Å². The monoisotopic (exact) mass is 261 g/mol. The highest BCUT2D eigenvalue weighted by molar-refractivity contribution is 5.14. The second-order valence-corrected chi connectivity index (χ2v) is 5.50. The summed E-state index contributed by atoms with van der Waals surface area (Å²) in [5.41, 5.74) is 2.39. The SMILES string of the molecule is CCCCC[C@@H](c1cccc(C)n1)N1CCNCC1. The molecule has 0 aromatic carbocycles. The molecular weight excluding hydrogens is 234 g/mol. The fraction of sp³-hybridized carbons (Fsp3) is 0.688. The van der Waals surface area contributed by atoms with Gasteiger partial charge in [0.2, 0.25) is 0 Å². The van der Waals surface area contributed by atoms with E-state index >= 15 is 0 Å². The van der Waals surface area contributed by atoms with Crippen LogP contribution < -0.4 is 5.32 Å². The number of unbranched alkanes of at least 4 members (excludes halogenated alkanes) is 2. The van der Waals surface area contributed by atoms with Crippen molar-refractivity contribution in [1.82, 2.24) is 15.2 Å². The Balaban J connectivity index is 2.08. The van der Waals surface area contributed by atoms with Crippen molar-refractivity contribution >= 4 is 0 Å². The van der Waals surface area contributed by atoms with E-state index < -0.39 is 0 Å². The van der Waals surface area contributed by atoms with E-state index in [1.54, 1.807) is 0 Å². The number of rotatable bonds is 6. The van der Waals surface area contributed by atoms with Crippen molar-refractivity contribution in [3.8, 4) is 0 Å². The van der Waals surface area contributed by atoms with Gasteiger partial charge in [0.15, 0.2) is 0 Å². The third kappa shape index (κ3) is 4.29. The molecule has 2 heterocycles. The maximum Gasteiger partial charge on any atom is 0.0578 e. The zero-order chi connectivity index (χ0) is 13.5. The van der Waals surface area contributed by atoms with Gasteiger partial charge in [-0.3, -0.25) is 9.88 Å². The lowest BCUT2D eigenvalue weighted by Gasteiger charge is -2.34. The molecule has 1 saturated heterocycles. The third-order valence-electron chi connectivity index (χ3n) is 3.92. The molecule has 0 bridgehead atoms. The fourth-order valence-electron chi connectivity index (χ4n) is 2.85. The molecule has 2 rings (SSSR count). The summed E-state index contributed by atoms with van der Waals surface area (Å²) in [6.07, 6.45) is 5.16. The van der Waals surface area contributed by atoms with Gasteiger partial charge in [-0.1, -0.05) is 32.3 Å². The van der Waals surface area contributed by atoms with Gasteiger partial charge in [0.05, 0.1) is 11.7 Å². The summed E-state index contributed by atoms with van der Waals surface area (Å²) < 4.78 is 0. The van der Waals surface area contributed by atoms with Gasteiger partial charge in [-0.05, 0) is 25.5 Å². The maximum atomic E-state index is 4.77. The molecular formula is C16H27N3. The Morgan fingerprint density at radius 2 is 2.05 bits per heavy atom. The smallest absolute Gasteiger partial charge is 0.0578 e. The number of hydrogen-bond donors (Lipinski definition) is 1. The van der Waals surface area contributed by atoms with Crippen LogP contribution in [0.25, 0.3) is 0 Å². The van der Waals surface area contributed by atoms with E-state index in [1.165, 1.54) is 31.4 Å². The summed E-state index contributed by atoms with van der Waals surface area (Å²) in [6, 6.07) is 6.94. The molecule has 1 aromatic heterocycles. The molecule has 1 aromatic rings.